The maximum Gasteiger partial charge on any atom is 0.332 e. The zero-order chi connectivity index (χ0) is 47.0. The molecule has 280 valence electrons. The van der Waals surface area contributed by atoms with Crippen molar-refractivity contribution >= 4 is 29.1 Å². The van der Waals surface area contributed by atoms with Crippen LogP contribution >= 0.6 is 0 Å². The number of ether oxygens (including phenoxy) is 2. The van der Waals surface area contributed by atoms with E-state index in [-0.39, 0.29) is 33.4 Å². The summed E-state index contributed by atoms with van der Waals surface area (Å²) in [6.07, 6.45) is 0. The number of hydrogen-bond acceptors (Lipinski definition) is 3. The molecule has 8 aromatic rings. The molecule has 0 spiro atoms. The summed E-state index contributed by atoms with van der Waals surface area (Å²) in [5, 5.41) is 0. The van der Waals surface area contributed by atoms with Crippen LogP contribution in [0.25, 0.3) is 33.4 Å². The van der Waals surface area contributed by atoms with Crippen LogP contribution in [0.3, 0.4) is 0 Å². The maximum absolute atomic E-state index is 8.98. The van der Waals surface area contributed by atoms with Crippen LogP contribution in [0.1, 0.15) is 54.0 Å². The van der Waals surface area contributed by atoms with E-state index in [1.165, 1.54) is 12.1 Å². The average molecular weight is 759 g/mol. The standard InChI is InChI=1S/C54H44BNO2/c1-35-32-38(42-22-16-25-47-52(42)57-50-28-14-12-24-46(50)54(47,4)5)30-31-41(35)44-33-37(3)45(34-36(44)2)43-23-17-26-48-53(43)58-51-29-15-13-27-49(51)56(40-20-10-7-11-21-40)55(48)39-18-8-6-9-19-39/h6-34H,1-5H3/i1D3,2D3,3D3. The summed E-state index contributed by atoms with van der Waals surface area (Å²) in [6.45, 7) is -4.58. The van der Waals surface area contributed by atoms with Gasteiger partial charge in [0.15, 0.2) is 0 Å². The second-order valence-electron chi connectivity index (χ2n) is 15.4. The molecule has 0 radical (unpaired) electrons. The first-order valence-electron chi connectivity index (χ1n) is 24.0. The number of hydrogen-bond donors (Lipinski definition) is 0. The summed E-state index contributed by atoms with van der Waals surface area (Å²) in [7, 11) is 0. The van der Waals surface area contributed by atoms with Crippen LogP contribution in [-0.4, -0.2) is 6.85 Å². The smallest absolute Gasteiger partial charge is 0.332 e. The van der Waals surface area contributed by atoms with Crippen molar-refractivity contribution in [3.05, 3.63) is 204 Å². The molecule has 58 heavy (non-hydrogen) atoms. The van der Waals surface area contributed by atoms with Gasteiger partial charge in [-0.1, -0.05) is 165 Å². The topological polar surface area (TPSA) is 21.7 Å². The summed E-state index contributed by atoms with van der Waals surface area (Å²) in [5.74, 6) is 2.18. The Morgan fingerprint density at radius 3 is 1.86 bits per heavy atom. The van der Waals surface area contributed by atoms with Gasteiger partial charge in [-0.05, 0) is 95.3 Å². The van der Waals surface area contributed by atoms with Gasteiger partial charge in [-0.15, -0.1) is 0 Å². The van der Waals surface area contributed by atoms with Crippen molar-refractivity contribution in [3.63, 3.8) is 0 Å². The van der Waals surface area contributed by atoms with E-state index in [0.29, 0.717) is 39.7 Å². The Morgan fingerprint density at radius 1 is 0.483 bits per heavy atom. The highest BCUT2D eigenvalue weighted by Gasteiger charge is 2.38. The predicted octanol–water partition coefficient (Wildman–Crippen LogP) is 13.1. The summed E-state index contributed by atoms with van der Waals surface area (Å²) in [4.78, 5) is 2.19. The van der Waals surface area contributed by atoms with Crippen molar-refractivity contribution in [2.45, 2.75) is 39.8 Å². The quantitative estimate of drug-likeness (QED) is 0.163. The second-order valence-corrected chi connectivity index (χ2v) is 15.4. The SMILES string of the molecule is [2H]C([2H])([2H])c1cc(-c2cccc3c2Oc2ccccc2C3(C)C)ccc1-c1cc(C([2H])([2H])[2H])c(-c2cccc3c2Oc2ccccc2N(c2ccccc2)B3c2ccccc2)cc1C([2H])([2H])[2H]. The van der Waals surface area contributed by atoms with Gasteiger partial charge in [0.2, 0.25) is 0 Å². The number of aryl methyl sites for hydroxylation is 3. The summed E-state index contributed by atoms with van der Waals surface area (Å²) < 4.78 is 93.7. The molecule has 3 nitrogen and oxygen atoms in total. The molecule has 0 saturated carbocycles. The lowest BCUT2D eigenvalue weighted by atomic mass is 9.48. The summed E-state index contributed by atoms with van der Waals surface area (Å²) in [5.41, 5.74) is 6.15. The Morgan fingerprint density at radius 2 is 1.09 bits per heavy atom. The number of rotatable bonds is 5. The highest BCUT2D eigenvalue weighted by atomic mass is 16.5. The monoisotopic (exact) mass is 758 g/mol. The molecule has 0 fully saturated rings. The van der Waals surface area contributed by atoms with Gasteiger partial charge in [0.25, 0.3) is 0 Å². The third-order valence-electron chi connectivity index (χ3n) is 11.6. The first-order chi connectivity index (χ1) is 31.9. The molecule has 0 amide bonds. The highest BCUT2D eigenvalue weighted by Crippen LogP contribution is 2.51. The number of anilines is 2. The van der Waals surface area contributed by atoms with Gasteiger partial charge in [-0.25, -0.2) is 0 Å². The van der Waals surface area contributed by atoms with E-state index in [9.17, 15) is 0 Å². The Balaban J connectivity index is 1.19. The Bertz CT molecular complexity index is 3200. The molecule has 0 N–H and O–H groups in total. The lowest BCUT2D eigenvalue weighted by Gasteiger charge is -2.35. The summed E-state index contributed by atoms with van der Waals surface area (Å²) >= 11 is 0. The van der Waals surface area contributed by atoms with E-state index >= 15 is 0 Å². The molecule has 8 aromatic carbocycles. The van der Waals surface area contributed by atoms with Crippen LogP contribution in [0.4, 0.5) is 11.4 Å². The molecular formula is C54H44BNO2. The minimum Gasteiger partial charge on any atom is -0.456 e. The first-order valence-corrected chi connectivity index (χ1v) is 19.5. The van der Waals surface area contributed by atoms with E-state index in [4.69, 9.17) is 21.8 Å². The van der Waals surface area contributed by atoms with Gasteiger partial charge in [-0.3, -0.25) is 0 Å². The molecular weight excluding hydrogens is 705 g/mol. The van der Waals surface area contributed by atoms with Crippen molar-refractivity contribution in [2.24, 2.45) is 0 Å². The van der Waals surface area contributed by atoms with E-state index < -0.39 is 32.8 Å². The second kappa shape index (κ2) is 14.0. The minimum absolute atomic E-state index is 0.0142. The van der Waals surface area contributed by atoms with Crippen molar-refractivity contribution < 1.29 is 21.8 Å². The lowest BCUT2D eigenvalue weighted by molar-refractivity contribution is 0.419. The zero-order valence-corrected chi connectivity index (χ0v) is 32.1. The Kier molecular flexibility index (Phi) is 6.51. The van der Waals surface area contributed by atoms with Crippen LogP contribution in [0.2, 0.25) is 0 Å². The largest absolute Gasteiger partial charge is 0.456 e. The van der Waals surface area contributed by atoms with Crippen molar-refractivity contribution in [1.82, 2.24) is 0 Å². The highest BCUT2D eigenvalue weighted by molar-refractivity contribution is 6.90. The lowest BCUT2D eigenvalue weighted by Crippen LogP contribution is -2.54. The molecule has 4 heteroatoms. The predicted molar refractivity (Wildman–Crippen MR) is 242 cm³/mol. The van der Waals surface area contributed by atoms with Gasteiger partial charge in [0, 0.05) is 45.7 Å². The molecule has 0 aliphatic carbocycles. The fraction of sp³-hybridized carbons (Fsp3) is 0.111. The van der Waals surface area contributed by atoms with Gasteiger partial charge < -0.3 is 14.3 Å². The minimum atomic E-state index is -2.82. The normalized spacial score (nSPS) is 16.6. The third kappa shape index (κ3) is 5.82. The summed E-state index contributed by atoms with van der Waals surface area (Å²) in [6, 6.07) is 54.3. The number of nitrogens with zero attached hydrogens (tertiary/aromatic N) is 1. The molecule has 10 rings (SSSR count). The van der Waals surface area contributed by atoms with Crippen molar-refractivity contribution in [3.8, 4) is 56.4 Å². The molecule has 0 saturated heterocycles. The maximum atomic E-state index is 8.98. The van der Waals surface area contributed by atoms with Crippen LogP contribution in [0, 0.1) is 20.6 Å². The van der Waals surface area contributed by atoms with E-state index in [2.05, 4.69) is 18.7 Å². The van der Waals surface area contributed by atoms with Gasteiger partial charge >= 0.3 is 6.85 Å². The number of benzene rings is 8. The Labute approximate surface area is 354 Å². The molecule has 2 heterocycles. The Hall–Kier alpha value is -6.78. The molecule has 2 aliphatic rings. The van der Waals surface area contributed by atoms with Gasteiger partial charge in [0.05, 0.1) is 5.69 Å². The van der Waals surface area contributed by atoms with Crippen LogP contribution in [0.15, 0.2) is 176 Å². The average Bonchev–Trinajstić information content (AvgIpc) is 3.45. The fourth-order valence-electron chi connectivity index (χ4n) is 8.75. The van der Waals surface area contributed by atoms with Crippen LogP contribution in [-0.2, 0) is 5.41 Å². The van der Waals surface area contributed by atoms with E-state index in [1.807, 2.05) is 140 Å². The molecule has 0 atom stereocenters. The van der Waals surface area contributed by atoms with E-state index in [1.54, 1.807) is 24.3 Å². The van der Waals surface area contributed by atoms with Gasteiger partial charge in [-0.2, -0.15) is 0 Å². The van der Waals surface area contributed by atoms with Gasteiger partial charge in [0.1, 0.15) is 23.0 Å². The molecule has 0 unspecified atom stereocenters. The third-order valence-corrected chi connectivity index (χ3v) is 11.6. The van der Waals surface area contributed by atoms with Crippen molar-refractivity contribution in [2.75, 3.05) is 4.81 Å². The molecule has 0 bridgehead atoms. The number of para-hydroxylation sites is 6. The first kappa shape index (κ1) is 27.0. The number of fused-ring (bicyclic) bond motifs is 4. The zero-order valence-electron chi connectivity index (χ0n) is 41.1. The van der Waals surface area contributed by atoms with Crippen molar-refractivity contribution in [1.29, 1.82) is 0 Å². The van der Waals surface area contributed by atoms with E-state index in [0.717, 1.165) is 33.4 Å². The molecule has 0 aromatic heterocycles. The van der Waals surface area contributed by atoms with Crippen LogP contribution in [0.5, 0.6) is 23.0 Å². The molecule has 2 aliphatic heterocycles. The fourth-order valence-corrected chi connectivity index (χ4v) is 8.75. The van der Waals surface area contributed by atoms with Crippen LogP contribution < -0.4 is 25.2 Å².